The van der Waals surface area contributed by atoms with Crippen molar-refractivity contribution in [3.63, 3.8) is 0 Å². The van der Waals surface area contributed by atoms with Crippen LogP contribution in [-0.2, 0) is 6.42 Å². The Hall–Kier alpha value is -5.86. The zero-order chi connectivity index (χ0) is 29.9. The molecule has 0 fully saturated rings. The highest BCUT2D eigenvalue weighted by atomic mass is 14.7. The average molecular weight is 583 g/mol. The zero-order valence-electron chi connectivity index (χ0n) is 25.0. The van der Waals surface area contributed by atoms with Crippen molar-refractivity contribution in [1.82, 2.24) is 9.97 Å². The van der Waals surface area contributed by atoms with Crippen molar-refractivity contribution in [1.29, 1.82) is 0 Å². The van der Waals surface area contributed by atoms with Gasteiger partial charge in [-0.3, -0.25) is 9.97 Å². The van der Waals surface area contributed by atoms with Crippen molar-refractivity contribution in [3.8, 4) is 22.5 Å². The van der Waals surface area contributed by atoms with E-state index < -0.39 is 0 Å². The first-order valence-electron chi connectivity index (χ1n) is 16.1. The lowest BCUT2D eigenvalue weighted by molar-refractivity contribution is 0.992. The van der Waals surface area contributed by atoms with Gasteiger partial charge in [0.2, 0.25) is 0 Å². The van der Waals surface area contributed by atoms with Gasteiger partial charge in [0.15, 0.2) is 0 Å². The molecule has 1 aliphatic carbocycles. The van der Waals surface area contributed by atoms with E-state index in [9.17, 15) is 0 Å². The maximum Gasteiger partial charge on any atom is 0.0714 e. The van der Waals surface area contributed by atoms with Gasteiger partial charge in [0.25, 0.3) is 0 Å². The van der Waals surface area contributed by atoms with Gasteiger partial charge in [0.1, 0.15) is 0 Å². The molecule has 0 spiro atoms. The molecule has 0 aliphatic heterocycles. The molecule has 2 heteroatoms. The summed E-state index contributed by atoms with van der Waals surface area (Å²) in [7, 11) is 0. The zero-order valence-corrected chi connectivity index (χ0v) is 25.0. The van der Waals surface area contributed by atoms with E-state index in [1.54, 1.807) is 0 Å². The highest BCUT2D eigenvalue weighted by molar-refractivity contribution is 6.41. The van der Waals surface area contributed by atoms with Gasteiger partial charge in [-0.05, 0) is 131 Å². The Balaban J connectivity index is 1.47. The largest absolute Gasteiger partial charge is 0.256 e. The second-order valence-electron chi connectivity index (χ2n) is 12.7. The summed E-state index contributed by atoms with van der Waals surface area (Å²) in [5, 5.41) is 18.1. The molecule has 1 aliphatic rings. The van der Waals surface area contributed by atoms with Gasteiger partial charge in [-0.1, -0.05) is 78.9 Å². The lowest BCUT2D eigenvalue weighted by Crippen LogP contribution is -1.95. The van der Waals surface area contributed by atoms with E-state index in [1.165, 1.54) is 97.7 Å². The van der Waals surface area contributed by atoms with Crippen LogP contribution in [0.3, 0.4) is 0 Å². The molecule has 0 radical (unpaired) electrons. The van der Waals surface area contributed by atoms with E-state index >= 15 is 0 Å². The molecule has 0 atom stereocenters. The Kier molecular flexibility index (Phi) is 4.71. The number of allylic oxidation sites excluding steroid dienone is 1. The first-order chi connectivity index (χ1) is 22.8. The van der Waals surface area contributed by atoms with Crippen LogP contribution in [0.15, 0.2) is 128 Å². The van der Waals surface area contributed by atoms with E-state index in [4.69, 9.17) is 9.97 Å². The lowest BCUT2D eigenvalue weighted by atomic mass is 9.88. The van der Waals surface area contributed by atoms with Crippen molar-refractivity contribution in [3.05, 3.63) is 139 Å². The van der Waals surface area contributed by atoms with Gasteiger partial charge in [-0.15, -0.1) is 0 Å². The van der Waals surface area contributed by atoms with Crippen LogP contribution >= 0.6 is 0 Å². The number of rotatable bonds is 2. The summed E-state index contributed by atoms with van der Waals surface area (Å²) in [4.78, 5) is 10.0. The Morgan fingerprint density at radius 2 is 1.04 bits per heavy atom. The van der Waals surface area contributed by atoms with Gasteiger partial charge in [0.05, 0.1) is 11.4 Å². The Morgan fingerprint density at radius 3 is 1.72 bits per heavy atom. The summed E-state index contributed by atoms with van der Waals surface area (Å²) in [6, 6.07) is 40.3. The van der Waals surface area contributed by atoms with Gasteiger partial charge in [-0.2, -0.15) is 0 Å². The van der Waals surface area contributed by atoms with Crippen molar-refractivity contribution in [2.24, 2.45) is 0 Å². The molecule has 212 valence electrons. The second kappa shape index (κ2) is 8.87. The summed E-state index contributed by atoms with van der Waals surface area (Å²) < 4.78 is 0. The normalized spacial score (nSPS) is 13.4. The summed E-state index contributed by atoms with van der Waals surface area (Å²) in [6.07, 6.45) is 10.7. The van der Waals surface area contributed by atoms with Crippen molar-refractivity contribution >= 4 is 81.5 Å². The Labute approximate surface area is 264 Å². The molecule has 2 heterocycles. The molecular weight excluding hydrogens is 556 g/mol. The summed E-state index contributed by atoms with van der Waals surface area (Å²) >= 11 is 0. The minimum atomic E-state index is 0.996. The fourth-order valence-electron chi connectivity index (χ4n) is 8.68. The number of fused-ring (bicyclic) bond motifs is 9. The number of hydrogen-bond donors (Lipinski definition) is 0. The molecular formula is C44H26N2. The number of hydrogen-bond acceptors (Lipinski definition) is 2. The fourth-order valence-corrected chi connectivity index (χ4v) is 8.68. The van der Waals surface area contributed by atoms with Crippen molar-refractivity contribution in [2.75, 3.05) is 0 Å². The van der Waals surface area contributed by atoms with Crippen molar-refractivity contribution in [2.45, 2.75) is 12.8 Å². The quantitative estimate of drug-likeness (QED) is 0.203. The first-order valence-corrected chi connectivity index (χ1v) is 16.1. The molecule has 46 heavy (non-hydrogen) atoms. The molecule has 2 nitrogen and oxygen atoms in total. The van der Waals surface area contributed by atoms with Crippen LogP contribution in [0.2, 0.25) is 0 Å². The van der Waals surface area contributed by atoms with Crippen LogP contribution in [0.4, 0.5) is 0 Å². The van der Waals surface area contributed by atoms with Crippen LogP contribution in [0.1, 0.15) is 17.5 Å². The smallest absolute Gasteiger partial charge is 0.0714 e. The van der Waals surface area contributed by atoms with E-state index in [-0.39, 0.29) is 0 Å². The molecule has 10 aromatic rings. The number of nitrogens with zero attached hydrogens (tertiary/aromatic N) is 2. The van der Waals surface area contributed by atoms with Crippen LogP contribution in [0.5, 0.6) is 0 Å². The van der Waals surface area contributed by atoms with Gasteiger partial charge in [-0.25, -0.2) is 0 Å². The third-order valence-electron chi connectivity index (χ3n) is 10.5. The highest BCUT2D eigenvalue weighted by Crippen LogP contribution is 2.52. The summed E-state index contributed by atoms with van der Waals surface area (Å²) in [5.41, 5.74) is 7.22. The molecule has 11 rings (SSSR count). The molecule has 0 bridgehead atoms. The Bertz CT molecular complexity index is 2880. The standard InChI is InChI=1S/C44H26N2/c1-2-13-27-26(10-1)22-36-40-28(27)15-9-16-30(40)33-24-34-35(44(42(33)36)38-19-4-6-21-46-38)23-32-29-14-7-11-25-12-8-17-31(39(25)29)41(32)43(34)37-18-3-5-20-45-37/h2-9,11-24H,1,10H2. The predicted octanol–water partition coefficient (Wildman–Crippen LogP) is 11.7. The van der Waals surface area contributed by atoms with Crippen LogP contribution in [-0.4, -0.2) is 9.97 Å². The van der Waals surface area contributed by atoms with E-state index in [2.05, 4.69) is 109 Å². The van der Waals surface area contributed by atoms with Crippen LogP contribution in [0.25, 0.3) is 104 Å². The Morgan fingerprint density at radius 1 is 0.435 bits per heavy atom. The van der Waals surface area contributed by atoms with E-state index in [0.29, 0.717) is 0 Å². The topological polar surface area (TPSA) is 25.8 Å². The molecule has 8 aromatic carbocycles. The van der Waals surface area contributed by atoms with Gasteiger partial charge in [0, 0.05) is 34.3 Å². The third-order valence-corrected chi connectivity index (χ3v) is 10.5. The van der Waals surface area contributed by atoms with Crippen molar-refractivity contribution < 1.29 is 0 Å². The second-order valence-corrected chi connectivity index (χ2v) is 12.7. The minimum absolute atomic E-state index is 0.996. The van der Waals surface area contributed by atoms with E-state index in [0.717, 1.165) is 24.2 Å². The molecule has 2 aromatic heterocycles. The summed E-state index contributed by atoms with van der Waals surface area (Å²) in [5.74, 6) is 0. The predicted molar refractivity (Wildman–Crippen MR) is 195 cm³/mol. The number of pyridine rings is 2. The maximum absolute atomic E-state index is 5.04. The first kappa shape index (κ1) is 24.5. The molecule has 0 saturated heterocycles. The molecule has 0 amide bonds. The van der Waals surface area contributed by atoms with Gasteiger partial charge < -0.3 is 0 Å². The van der Waals surface area contributed by atoms with Gasteiger partial charge >= 0.3 is 0 Å². The minimum Gasteiger partial charge on any atom is -0.256 e. The van der Waals surface area contributed by atoms with Crippen LogP contribution in [0, 0.1) is 0 Å². The highest BCUT2D eigenvalue weighted by Gasteiger charge is 2.25. The van der Waals surface area contributed by atoms with E-state index in [1.807, 2.05) is 24.5 Å². The summed E-state index contributed by atoms with van der Waals surface area (Å²) in [6.45, 7) is 0. The monoisotopic (exact) mass is 582 g/mol. The number of aromatic nitrogens is 2. The number of aryl methyl sites for hydroxylation is 1. The third kappa shape index (κ3) is 3.06. The maximum atomic E-state index is 5.04. The number of benzene rings is 6. The molecule has 0 saturated carbocycles. The van der Waals surface area contributed by atoms with Crippen LogP contribution < -0.4 is 0 Å². The molecule has 0 N–H and O–H groups in total. The molecule has 0 unspecified atom stereocenters. The SMILES string of the molecule is C1=Cc2c(cc3c4c(-c5ccccn5)c5cc6c7cccc8cccc(c6c(-c6ccccn6)c5cc4c4cccc2c43)c87)CC1. The lowest BCUT2D eigenvalue weighted by Gasteiger charge is -2.16. The average Bonchev–Trinajstić information content (AvgIpc) is 3.61. The fraction of sp³-hybridized carbons (Fsp3) is 0.0455.